The van der Waals surface area contributed by atoms with Crippen LogP contribution in [0.5, 0.6) is 5.75 Å². The van der Waals surface area contributed by atoms with Crippen molar-refractivity contribution < 1.29 is 19.1 Å². The second-order valence-electron chi connectivity index (χ2n) is 4.96. The minimum absolute atomic E-state index is 0.00828. The number of hydrogen-bond donors (Lipinski definition) is 2. The van der Waals surface area contributed by atoms with Gasteiger partial charge in [0, 0.05) is 12.7 Å². The van der Waals surface area contributed by atoms with E-state index < -0.39 is 5.97 Å². The second kappa shape index (κ2) is 8.00. The van der Waals surface area contributed by atoms with E-state index >= 15 is 0 Å². The number of rotatable bonds is 7. The van der Waals surface area contributed by atoms with Gasteiger partial charge in [-0.05, 0) is 24.6 Å². The van der Waals surface area contributed by atoms with E-state index in [9.17, 15) is 9.59 Å². The van der Waals surface area contributed by atoms with Crippen LogP contribution in [0, 0.1) is 0 Å². The summed E-state index contributed by atoms with van der Waals surface area (Å²) in [6.45, 7) is 2.20. The monoisotopic (exact) mass is 332 g/mol. The van der Waals surface area contributed by atoms with E-state index in [1.807, 2.05) is 24.3 Å². The van der Waals surface area contributed by atoms with Gasteiger partial charge in [0.1, 0.15) is 18.1 Å². The van der Waals surface area contributed by atoms with Crippen LogP contribution in [0.2, 0.25) is 0 Å². The summed E-state index contributed by atoms with van der Waals surface area (Å²) in [5, 5.41) is 2.77. The molecule has 0 aliphatic heterocycles. The highest BCUT2D eigenvalue weighted by atomic mass is 16.5. The highest BCUT2D eigenvalue weighted by Crippen LogP contribution is 2.11. The largest absolute Gasteiger partial charge is 0.497 e. The van der Waals surface area contributed by atoms with Crippen LogP contribution in [0.3, 0.4) is 0 Å². The van der Waals surface area contributed by atoms with Gasteiger partial charge in [-0.1, -0.05) is 12.1 Å². The molecule has 0 bridgehead atoms. The van der Waals surface area contributed by atoms with Crippen molar-refractivity contribution in [3.8, 4) is 5.75 Å². The van der Waals surface area contributed by atoms with Gasteiger partial charge in [0.15, 0.2) is 0 Å². The molecule has 0 saturated heterocycles. The van der Waals surface area contributed by atoms with E-state index in [1.165, 1.54) is 10.8 Å². The molecule has 24 heavy (non-hydrogen) atoms. The maximum atomic E-state index is 12.1. The second-order valence-corrected chi connectivity index (χ2v) is 4.96. The summed E-state index contributed by atoms with van der Waals surface area (Å²) in [6.07, 6.45) is 1.43. The zero-order chi connectivity index (χ0) is 17.5. The Balaban J connectivity index is 1.95. The number of aromatic nitrogens is 2. The summed E-state index contributed by atoms with van der Waals surface area (Å²) in [4.78, 5) is 27.8. The Kier molecular flexibility index (Phi) is 5.78. The molecule has 3 N–H and O–H groups in total. The van der Waals surface area contributed by atoms with Crippen molar-refractivity contribution in [2.45, 2.75) is 20.0 Å². The minimum Gasteiger partial charge on any atom is -0.497 e. The molecule has 0 unspecified atom stereocenters. The Labute approximate surface area is 139 Å². The van der Waals surface area contributed by atoms with Crippen molar-refractivity contribution in [2.75, 3.05) is 19.5 Å². The molecular formula is C16H20N4O4. The number of ether oxygens (including phenoxy) is 2. The molecule has 0 radical (unpaired) electrons. The predicted molar refractivity (Wildman–Crippen MR) is 87.4 cm³/mol. The van der Waals surface area contributed by atoms with Crippen LogP contribution >= 0.6 is 0 Å². The number of benzene rings is 1. The molecule has 2 aromatic rings. The number of nitrogens with two attached hydrogens (primary N) is 1. The first-order chi connectivity index (χ1) is 11.5. The van der Waals surface area contributed by atoms with Crippen LogP contribution in [0.25, 0.3) is 0 Å². The van der Waals surface area contributed by atoms with E-state index in [1.54, 1.807) is 14.0 Å². The van der Waals surface area contributed by atoms with E-state index in [2.05, 4.69) is 10.3 Å². The first kappa shape index (κ1) is 17.3. The minimum atomic E-state index is -0.614. The third-order valence-corrected chi connectivity index (χ3v) is 3.22. The number of amides is 1. The van der Waals surface area contributed by atoms with Gasteiger partial charge >= 0.3 is 5.97 Å². The first-order valence-corrected chi connectivity index (χ1v) is 7.43. The zero-order valence-electron chi connectivity index (χ0n) is 13.6. The number of anilines is 1. The molecule has 8 nitrogen and oxygen atoms in total. The summed E-state index contributed by atoms with van der Waals surface area (Å²) in [5.74, 6) is 0.0268. The molecule has 0 aliphatic carbocycles. The lowest BCUT2D eigenvalue weighted by Crippen LogP contribution is -2.28. The molecule has 1 amide bonds. The predicted octanol–water partition coefficient (Wildman–Crippen LogP) is 0.967. The Bertz CT molecular complexity index is 709. The van der Waals surface area contributed by atoms with Crippen LogP contribution in [-0.2, 0) is 22.6 Å². The van der Waals surface area contributed by atoms with Gasteiger partial charge in [0.25, 0.3) is 0 Å². The number of hydrogen-bond acceptors (Lipinski definition) is 6. The van der Waals surface area contributed by atoms with Gasteiger partial charge in [-0.25, -0.2) is 9.78 Å². The zero-order valence-corrected chi connectivity index (χ0v) is 13.6. The average Bonchev–Trinajstić information content (AvgIpc) is 2.94. The van der Waals surface area contributed by atoms with Crippen LogP contribution in [0.15, 0.2) is 30.5 Å². The van der Waals surface area contributed by atoms with Gasteiger partial charge < -0.3 is 25.1 Å². The summed E-state index contributed by atoms with van der Waals surface area (Å²) < 4.78 is 11.3. The fourth-order valence-corrected chi connectivity index (χ4v) is 2.07. The van der Waals surface area contributed by atoms with Gasteiger partial charge in [-0.3, -0.25) is 4.79 Å². The molecule has 1 aromatic heterocycles. The Morgan fingerprint density at radius 2 is 2.00 bits per heavy atom. The van der Waals surface area contributed by atoms with Crippen molar-refractivity contribution in [2.24, 2.45) is 0 Å². The van der Waals surface area contributed by atoms with Crippen LogP contribution < -0.4 is 15.8 Å². The molecule has 1 aromatic carbocycles. The molecule has 0 atom stereocenters. The lowest BCUT2D eigenvalue weighted by molar-refractivity contribution is -0.121. The van der Waals surface area contributed by atoms with Crippen molar-refractivity contribution in [3.63, 3.8) is 0 Å². The van der Waals surface area contributed by atoms with Crippen LogP contribution in [0.4, 0.5) is 5.82 Å². The SMILES string of the molecule is CCOC(=O)c1nc(N)cn1CC(=O)NCc1ccc(OC)cc1. The Morgan fingerprint density at radius 1 is 1.29 bits per heavy atom. The van der Waals surface area contributed by atoms with Gasteiger partial charge in [-0.15, -0.1) is 0 Å². The number of carbonyl (C=O) groups is 2. The van der Waals surface area contributed by atoms with Crippen molar-refractivity contribution in [3.05, 3.63) is 41.9 Å². The third kappa shape index (κ3) is 4.48. The standard InChI is InChI=1S/C16H20N4O4/c1-3-24-16(22)15-19-13(17)9-20(15)10-14(21)18-8-11-4-6-12(23-2)7-5-11/h4-7,9H,3,8,10,17H2,1-2H3,(H,18,21). The normalized spacial score (nSPS) is 10.2. The third-order valence-electron chi connectivity index (χ3n) is 3.22. The fourth-order valence-electron chi connectivity index (χ4n) is 2.07. The van der Waals surface area contributed by atoms with E-state index in [-0.39, 0.29) is 30.7 Å². The van der Waals surface area contributed by atoms with Gasteiger partial charge in [0.05, 0.1) is 13.7 Å². The summed E-state index contributed by atoms with van der Waals surface area (Å²) >= 11 is 0. The number of nitrogen functional groups attached to an aromatic ring is 1. The van der Waals surface area contributed by atoms with Gasteiger partial charge in [-0.2, -0.15) is 0 Å². The highest BCUT2D eigenvalue weighted by molar-refractivity contribution is 5.87. The lowest BCUT2D eigenvalue weighted by Gasteiger charge is -2.09. The molecule has 8 heteroatoms. The molecular weight excluding hydrogens is 312 g/mol. The van der Waals surface area contributed by atoms with Crippen LogP contribution in [0.1, 0.15) is 23.1 Å². The summed E-state index contributed by atoms with van der Waals surface area (Å²) in [6, 6.07) is 7.35. The number of carbonyl (C=O) groups excluding carboxylic acids is 2. The molecule has 128 valence electrons. The quantitative estimate of drug-likeness (QED) is 0.731. The molecule has 1 heterocycles. The lowest BCUT2D eigenvalue weighted by atomic mass is 10.2. The molecule has 0 spiro atoms. The van der Waals surface area contributed by atoms with Gasteiger partial charge in [0.2, 0.25) is 11.7 Å². The van der Waals surface area contributed by atoms with Crippen molar-refractivity contribution in [1.82, 2.24) is 14.9 Å². The number of nitrogens with one attached hydrogen (secondary N) is 1. The van der Waals surface area contributed by atoms with E-state index in [0.29, 0.717) is 6.54 Å². The summed E-state index contributed by atoms with van der Waals surface area (Å²) in [7, 11) is 1.59. The van der Waals surface area contributed by atoms with Crippen molar-refractivity contribution >= 4 is 17.7 Å². The fraction of sp³-hybridized carbons (Fsp3) is 0.312. The summed E-state index contributed by atoms with van der Waals surface area (Å²) in [5.41, 5.74) is 6.53. The molecule has 0 fully saturated rings. The average molecular weight is 332 g/mol. The van der Waals surface area contributed by atoms with Crippen LogP contribution in [-0.4, -0.2) is 35.1 Å². The number of nitrogens with zero attached hydrogens (tertiary/aromatic N) is 2. The highest BCUT2D eigenvalue weighted by Gasteiger charge is 2.17. The maximum Gasteiger partial charge on any atom is 0.374 e. The van der Waals surface area contributed by atoms with E-state index in [4.69, 9.17) is 15.2 Å². The molecule has 2 rings (SSSR count). The van der Waals surface area contributed by atoms with E-state index in [0.717, 1.165) is 11.3 Å². The Hall–Kier alpha value is -3.03. The number of methoxy groups -OCH3 is 1. The Morgan fingerprint density at radius 3 is 2.62 bits per heavy atom. The smallest absolute Gasteiger partial charge is 0.374 e. The topological polar surface area (TPSA) is 108 Å². The maximum absolute atomic E-state index is 12.1. The first-order valence-electron chi connectivity index (χ1n) is 7.43. The molecule has 0 saturated carbocycles. The number of esters is 1. The van der Waals surface area contributed by atoms with Crippen molar-refractivity contribution in [1.29, 1.82) is 0 Å². The molecule has 0 aliphatic rings. The number of imidazole rings is 1.